The van der Waals surface area contributed by atoms with Gasteiger partial charge in [-0.1, -0.05) is 11.8 Å². The van der Waals surface area contributed by atoms with E-state index in [-0.39, 0.29) is 17.5 Å². The second kappa shape index (κ2) is 5.66. The molecule has 5 heteroatoms. The van der Waals surface area contributed by atoms with E-state index in [1.54, 1.807) is 0 Å². The highest BCUT2D eigenvalue weighted by Crippen LogP contribution is 2.10. The molecule has 17 heavy (non-hydrogen) atoms. The molecule has 1 aromatic rings. The number of hydrogen-bond donors (Lipinski definition) is 1. The molecule has 0 aromatic heterocycles. The Morgan fingerprint density at radius 1 is 1.47 bits per heavy atom. The molecule has 0 saturated carbocycles. The Morgan fingerprint density at radius 3 is 2.71 bits per heavy atom. The molecule has 0 spiro atoms. The average Bonchev–Trinajstić information content (AvgIpc) is 2.29. The molecule has 0 aliphatic carbocycles. The average molecular weight is 236 g/mol. The molecule has 1 aromatic carbocycles. The van der Waals surface area contributed by atoms with Gasteiger partial charge in [-0.15, -0.1) is 0 Å². The van der Waals surface area contributed by atoms with Gasteiger partial charge in [0.05, 0.1) is 18.2 Å². The topological polar surface area (TPSA) is 63.6 Å². The van der Waals surface area contributed by atoms with Gasteiger partial charge < -0.3 is 9.84 Å². The number of methoxy groups -OCH3 is 1. The minimum Gasteiger partial charge on any atom is -0.481 e. The Balaban J connectivity index is 2.93. The highest BCUT2D eigenvalue weighted by molar-refractivity contribution is 5.89. The van der Waals surface area contributed by atoms with E-state index in [1.165, 1.54) is 19.2 Å². The maximum Gasteiger partial charge on any atom is 0.337 e. The summed E-state index contributed by atoms with van der Waals surface area (Å²) in [6.07, 6.45) is -0.363. The second-order valence-corrected chi connectivity index (χ2v) is 3.06. The molecule has 88 valence electrons. The first-order valence-electron chi connectivity index (χ1n) is 4.63. The number of halogens is 1. The Labute approximate surface area is 97.0 Å². The third-order valence-corrected chi connectivity index (χ3v) is 1.85. The van der Waals surface area contributed by atoms with Gasteiger partial charge in [-0.05, 0) is 18.2 Å². The fourth-order valence-electron chi connectivity index (χ4n) is 1.08. The van der Waals surface area contributed by atoms with Crippen LogP contribution >= 0.6 is 0 Å². The van der Waals surface area contributed by atoms with Gasteiger partial charge >= 0.3 is 11.9 Å². The zero-order chi connectivity index (χ0) is 12.8. The lowest BCUT2D eigenvalue weighted by Gasteiger charge is -2.00. The monoisotopic (exact) mass is 236 g/mol. The summed E-state index contributed by atoms with van der Waals surface area (Å²) in [5.41, 5.74) is 0.118. The van der Waals surface area contributed by atoms with Crippen LogP contribution < -0.4 is 0 Å². The Bertz CT molecular complexity index is 511. The van der Waals surface area contributed by atoms with E-state index < -0.39 is 17.8 Å². The number of carboxylic acid groups (broad SMARTS) is 1. The molecule has 0 heterocycles. The van der Waals surface area contributed by atoms with Gasteiger partial charge in [-0.25, -0.2) is 9.18 Å². The summed E-state index contributed by atoms with van der Waals surface area (Å²) in [5.74, 6) is 2.26. The van der Waals surface area contributed by atoms with E-state index in [0.717, 1.165) is 6.07 Å². The van der Waals surface area contributed by atoms with Crippen LogP contribution in [0.4, 0.5) is 4.39 Å². The number of aliphatic carboxylic acids is 1. The van der Waals surface area contributed by atoms with E-state index in [0.29, 0.717) is 0 Å². The van der Waals surface area contributed by atoms with Crippen LogP contribution in [0.25, 0.3) is 0 Å². The molecule has 0 aliphatic heterocycles. The molecule has 0 saturated heterocycles. The Morgan fingerprint density at radius 2 is 2.18 bits per heavy atom. The number of rotatable bonds is 2. The summed E-state index contributed by atoms with van der Waals surface area (Å²) in [4.78, 5) is 21.3. The van der Waals surface area contributed by atoms with Crippen molar-refractivity contribution in [2.24, 2.45) is 0 Å². The quantitative estimate of drug-likeness (QED) is 0.623. The smallest absolute Gasteiger partial charge is 0.337 e. The molecule has 0 bridgehead atoms. The molecule has 0 radical (unpaired) electrons. The van der Waals surface area contributed by atoms with E-state index in [4.69, 9.17) is 5.11 Å². The number of ether oxygens (including phenoxy) is 1. The van der Waals surface area contributed by atoms with Crippen LogP contribution in [0.5, 0.6) is 0 Å². The zero-order valence-corrected chi connectivity index (χ0v) is 8.99. The first-order chi connectivity index (χ1) is 8.04. The summed E-state index contributed by atoms with van der Waals surface area (Å²) < 4.78 is 17.8. The van der Waals surface area contributed by atoms with Crippen molar-refractivity contribution in [1.29, 1.82) is 0 Å². The van der Waals surface area contributed by atoms with Crippen molar-refractivity contribution in [3.63, 3.8) is 0 Å². The van der Waals surface area contributed by atoms with E-state index in [1.807, 2.05) is 0 Å². The number of carbonyl (C=O) groups is 2. The Hall–Kier alpha value is -2.35. The molecular formula is C12H9FO4. The summed E-state index contributed by atoms with van der Waals surface area (Å²) in [6, 6.07) is 3.66. The number of hydrogen-bond acceptors (Lipinski definition) is 3. The van der Waals surface area contributed by atoms with Crippen molar-refractivity contribution in [2.45, 2.75) is 6.42 Å². The molecular weight excluding hydrogens is 227 g/mol. The third kappa shape index (κ3) is 3.61. The summed E-state index contributed by atoms with van der Waals surface area (Å²) in [6.45, 7) is 0. The second-order valence-electron chi connectivity index (χ2n) is 3.06. The maximum atomic E-state index is 13.4. The lowest BCUT2D eigenvalue weighted by molar-refractivity contribution is -0.135. The first kappa shape index (κ1) is 12.7. The molecule has 4 nitrogen and oxygen atoms in total. The van der Waals surface area contributed by atoms with Gasteiger partial charge in [0.15, 0.2) is 0 Å². The van der Waals surface area contributed by atoms with E-state index in [2.05, 4.69) is 16.6 Å². The van der Waals surface area contributed by atoms with Crippen LogP contribution in [0.3, 0.4) is 0 Å². The lowest BCUT2D eigenvalue weighted by atomic mass is 10.1. The van der Waals surface area contributed by atoms with Crippen LogP contribution in [0.1, 0.15) is 22.3 Å². The number of carboxylic acids is 1. The predicted molar refractivity (Wildman–Crippen MR) is 56.9 cm³/mol. The summed E-state index contributed by atoms with van der Waals surface area (Å²) in [5, 5.41) is 8.35. The predicted octanol–water partition coefficient (Wildman–Crippen LogP) is 1.44. The van der Waals surface area contributed by atoms with Gasteiger partial charge in [0.2, 0.25) is 0 Å². The third-order valence-electron chi connectivity index (χ3n) is 1.85. The van der Waals surface area contributed by atoms with Crippen LogP contribution in [-0.2, 0) is 9.53 Å². The van der Waals surface area contributed by atoms with Crippen molar-refractivity contribution in [1.82, 2.24) is 0 Å². The minimum absolute atomic E-state index is 0.0407. The fraction of sp³-hybridized carbons (Fsp3) is 0.167. The van der Waals surface area contributed by atoms with Gasteiger partial charge in [0.25, 0.3) is 0 Å². The van der Waals surface area contributed by atoms with Crippen LogP contribution in [0, 0.1) is 17.7 Å². The molecule has 0 atom stereocenters. The van der Waals surface area contributed by atoms with Crippen LogP contribution in [0.2, 0.25) is 0 Å². The fourth-order valence-corrected chi connectivity index (χ4v) is 1.08. The standard InChI is InChI=1S/C12H9FO4/c1-17-12(16)9-6-5-8(10(13)7-9)3-2-4-11(14)15/h5-7H,4H2,1H3,(H,14,15). The summed E-state index contributed by atoms with van der Waals surface area (Å²) in [7, 11) is 1.20. The summed E-state index contributed by atoms with van der Waals surface area (Å²) >= 11 is 0. The molecule has 0 amide bonds. The Kier molecular flexibility index (Phi) is 4.23. The molecule has 1 N–H and O–H groups in total. The van der Waals surface area contributed by atoms with Gasteiger partial charge in [-0.2, -0.15) is 0 Å². The van der Waals surface area contributed by atoms with Gasteiger partial charge in [-0.3, -0.25) is 4.79 Å². The van der Waals surface area contributed by atoms with Crippen molar-refractivity contribution < 1.29 is 23.8 Å². The van der Waals surface area contributed by atoms with Gasteiger partial charge in [0.1, 0.15) is 12.2 Å². The van der Waals surface area contributed by atoms with Crippen molar-refractivity contribution in [3.8, 4) is 11.8 Å². The first-order valence-corrected chi connectivity index (χ1v) is 4.63. The van der Waals surface area contributed by atoms with Crippen molar-refractivity contribution >= 4 is 11.9 Å². The van der Waals surface area contributed by atoms with E-state index in [9.17, 15) is 14.0 Å². The normalized spacial score (nSPS) is 9.06. The number of carbonyl (C=O) groups excluding carboxylic acids is 1. The van der Waals surface area contributed by atoms with E-state index >= 15 is 0 Å². The van der Waals surface area contributed by atoms with Crippen LogP contribution in [0.15, 0.2) is 18.2 Å². The molecule has 0 aliphatic rings. The highest BCUT2D eigenvalue weighted by atomic mass is 19.1. The highest BCUT2D eigenvalue weighted by Gasteiger charge is 2.08. The maximum absolute atomic E-state index is 13.4. The number of esters is 1. The van der Waals surface area contributed by atoms with Crippen molar-refractivity contribution in [3.05, 3.63) is 35.1 Å². The number of benzene rings is 1. The molecule has 0 fully saturated rings. The van der Waals surface area contributed by atoms with Gasteiger partial charge in [0, 0.05) is 0 Å². The largest absolute Gasteiger partial charge is 0.481 e. The van der Waals surface area contributed by atoms with Crippen molar-refractivity contribution in [2.75, 3.05) is 7.11 Å². The lowest BCUT2D eigenvalue weighted by Crippen LogP contribution is -2.02. The van der Waals surface area contributed by atoms with Crippen LogP contribution in [-0.4, -0.2) is 24.2 Å². The molecule has 0 unspecified atom stereocenters. The zero-order valence-electron chi connectivity index (χ0n) is 8.99. The SMILES string of the molecule is COC(=O)c1ccc(C#CCC(=O)O)c(F)c1. The minimum atomic E-state index is -1.08. The molecule has 1 rings (SSSR count).